The number of hydrogen-bond donors (Lipinski definition) is 0. The van der Waals surface area contributed by atoms with Gasteiger partial charge >= 0.3 is 5.97 Å². The smallest absolute Gasteiger partial charge is 0.346 e. The maximum Gasteiger partial charge on any atom is 0.346 e. The van der Waals surface area contributed by atoms with Crippen molar-refractivity contribution in [2.75, 3.05) is 13.2 Å². The van der Waals surface area contributed by atoms with E-state index < -0.39 is 52.1 Å². The number of ether oxygens (including phenoxy) is 3. The van der Waals surface area contributed by atoms with Crippen LogP contribution in [0.25, 0.3) is 11.1 Å². The number of hydrogen-bond acceptors (Lipinski definition) is 4. The molecule has 0 amide bonds. The molecule has 9 heteroatoms. The lowest BCUT2D eigenvalue weighted by Crippen LogP contribution is -2.14. The first-order valence-corrected chi connectivity index (χ1v) is 15.5. The van der Waals surface area contributed by atoms with Gasteiger partial charge in [-0.1, -0.05) is 96.3 Å². The van der Waals surface area contributed by atoms with Crippen molar-refractivity contribution in [3.05, 3.63) is 77.1 Å². The minimum atomic E-state index is -1.91. The molecular formula is C35H41F5O4. The summed E-state index contributed by atoms with van der Waals surface area (Å²) in [7, 11) is 0. The van der Waals surface area contributed by atoms with Crippen LogP contribution in [-0.2, 0) is 0 Å². The van der Waals surface area contributed by atoms with Crippen molar-refractivity contribution in [1.29, 1.82) is 0 Å². The Kier molecular flexibility index (Phi) is 14.5. The molecule has 3 aromatic carbocycles. The molecule has 0 bridgehead atoms. The molecule has 4 nitrogen and oxygen atoms in total. The highest BCUT2D eigenvalue weighted by Crippen LogP contribution is 2.33. The Hall–Kier alpha value is -3.62. The summed E-state index contributed by atoms with van der Waals surface area (Å²) in [5, 5.41) is 0. The van der Waals surface area contributed by atoms with Crippen molar-refractivity contribution in [1.82, 2.24) is 0 Å². The molecule has 0 aromatic heterocycles. The van der Waals surface area contributed by atoms with Gasteiger partial charge in [0.05, 0.1) is 18.8 Å². The molecule has 0 aliphatic heterocycles. The molecule has 0 N–H and O–H groups in total. The number of benzene rings is 3. The monoisotopic (exact) mass is 620 g/mol. The maximum absolute atomic E-state index is 15.0. The fraction of sp³-hybridized carbons (Fsp3) is 0.457. The van der Waals surface area contributed by atoms with Crippen LogP contribution >= 0.6 is 0 Å². The zero-order chi connectivity index (χ0) is 31.9. The van der Waals surface area contributed by atoms with Crippen LogP contribution in [0.5, 0.6) is 17.2 Å². The molecule has 0 saturated heterocycles. The lowest BCUT2D eigenvalue weighted by atomic mass is 10.0. The van der Waals surface area contributed by atoms with E-state index in [1.54, 1.807) is 24.3 Å². The van der Waals surface area contributed by atoms with Crippen LogP contribution in [-0.4, -0.2) is 19.2 Å². The zero-order valence-electron chi connectivity index (χ0n) is 25.5. The van der Waals surface area contributed by atoms with Crippen molar-refractivity contribution < 1.29 is 41.0 Å². The lowest BCUT2D eigenvalue weighted by Gasteiger charge is -2.13. The third kappa shape index (κ3) is 9.96. The van der Waals surface area contributed by atoms with Gasteiger partial charge in [-0.15, -0.1) is 0 Å². The first kappa shape index (κ1) is 34.9. The molecule has 0 unspecified atom stereocenters. The van der Waals surface area contributed by atoms with E-state index in [1.807, 2.05) is 0 Å². The van der Waals surface area contributed by atoms with Crippen molar-refractivity contribution in [2.24, 2.45) is 0 Å². The number of halogens is 5. The molecule has 0 atom stereocenters. The van der Waals surface area contributed by atoms with Gasteiger partial charge in [0.25, 0.3) is 0 Å². The second-order valence-corrected chi connectivity index (χ2v) is 10.7. The van der Waals surface area contributed by atoms with Crippen molar-refractivity contribution >= 4 is 5.97 Å². The molecule has 0 spiro atoms. The molecule has 240 valence electrons. The Morgan fingerprint density at radius 3 is 1.73 bits per heavy atom. The Bertz CT molecular complexity index is 1340. The summed E-state index contributed by atoms with van der Waals surface area (Å²) in [6, 6.07) is 9.26. The molecule has 0 radical (unpaired) electrons. The van der Waals surface area contributed by atoms with Gasteiger partial charge in [-0.25, -0.2) is 18.0 Å². The summed E-state index contributed by atoms with van der Waals surface area (Å²) in [5.74, 6) is -10.7. The van der Waals surface area contributed by atoms with Crippen LogP contribution < -0.4 is 14.2 Å². The maximum atomic E-state index is 15.0. The van der Waals surface area contributed by atoms with Crippen LogP contribution in [0.15, 0.2) is 42.5 Å². The van der Waals surface area contributed by atoms with E-state index >= 15 is 4.39 Å². The van der Waals surface area contributed by atoms with E-state index in [0.717, 1.165) is 57.4 Å². The average molecular weight is 621 g/mol. The summed E-state index contributed by atoms with van der Waals surface area (Å²) in [6.07, 6.45) is 12.3. The number of unbranched alkanes of at least 4 members (excludes halogenated alkanes) is 10. The van der Waals surface area contributed by atoms with Crippen molar-refractivity contribution in [3.8, 4) is 28.4 Å². The molecule has 3 aromatic rings. The average Bonchev–Trinajstić information content (AvgIpc) is 3.02. The number of carbonyl (C=O) groups excluding carboxylic acids is 1. The van der Waals surface area contributed by atoms with E-state index in [-0.39, 0.29) is 12.2 Å². The van der Waals surface area contributed by atoms with E-state index in [9.17, 15) is 22.4 Å². The van der Waals surface area contributed by atoms with Gasteiger partial charge in [-0.2, -0.15) is 8.78 Å². The Morgan fingerprint density at radius 1 is 0.568 bits per heavy atom. The highest BCUT2D eigenvalue weighted by Gasteiger charge is 2.26. The lowest BCUT2D eigenvalue weighted by molar-refractivity contribution is 0.0719. The SMILES string of the molecule is CCCCCCCCOc1ccc(-c2ccc(C(=O)Oc3cc(OCCCCCCCC)c(F)c(F)c3F)c(F)c2F)cc1. The summed E-state index contributed by atoms with van der Waals surface area (Å²) in [5.41, 5.74) is -0.623. The predicted octanol–water partition coefficient (Wildman–Crippen LogP) is 10.7. The normalized spacial score (nSPS) is 11.1. The van der Waals surface area contributed by atoms with Crippen LogP contribution in [0.4, 0.5) is 22.0 Å². The molecule has 0 fully saturated rings. The third-order valence-electron chi connectivity index (χ3n) is 7.27. The summed E-state index contributed by atoms with van der Waals surface area (Å²) in [4.78, 5) is 12.7. The van der Waals surface area contributed by atoms with Crippen LogP contribution in [0, 0.1) is 29.1 Å². The highest BCUT2D eigenvalue weighted by atomic mass is 19.2. The molecule has 3 rings (SSSR count). The van der Waals surface area contributed by atoms with Gasteiger partial charge in [0.1, 0.15) is 5.75 Å². The van der Waals surface area contributed by atoms with E-state index in [0.29, 0.717) is 30.4 Å². The first-order valence-electron chi connectivity index (χ1n) is 15.5. The molecular weight excluding hydrogens is 579 g/mol. The van der Waals surface area contributed by atoms with Crippen molar-refractivity contribution in [2.45, 2.75) is 90.9 Å². The summed E-state index contributed by atoms with van der Waals surface area (Å²) < 4.78 is 88.7. The number of esters is 1. The summed E-state index contributed by atoms with van der Waals surface area (Å²) in [6.45, 7) is 4.85. The van der Waals surface area contributed by atoms with E-state index in [4.69, 9.17) is 14.2 Å². The zero-order valence-corrected chi connectivity index (χ0v) is 25.5. The predicted molar refractivity (Wildman–Crippen MR) is 161 cm³/mol. The number of rotatable bonds is 19. The molecule has 44 heavy (non-hydrogen) atoms. The summed E-state index contributed by atoms with van der Waals surface area (Å²) >= 11 is 0. The van der Waals surface area contributed by atoms with Gasteiger partial charge in [0.15, 0.2) is 23.1 Å². The van der Waals surface area contributed by atoms with Crippen LogP contribution in [0.2, 0.25) is 0 Å². The highest BCUT2D eigenvalue weighted by molar-refractivity contribution is 5.92. The largest absolute Gasteiger partial charge is 0.494 e. The van der Waals surface area contributed by atoms with Gasteiger partial charge in [0.2, 0.25) is 17.5 Å². The van der Waals surface area contributed by atoms with Crippen molar-refractivity contribution in [3.63, 3.8) is 0 Å². The standard InChI is InChI=1S/C35H41F5O4/c1-3-5-7-9-11-13-21-42-25-17-15-24(16-18-25)26-19-20-27(31(37)30(26)36)35(41)44-29-23-28(32(38)34(40)33(29)39)43-22-14-12-10-8-6-4-2/h15-20,23H,3-14,21-22H2,1-2H3. The minimum absolute atomic E-state index is 0.0367. The Labute approximate surface area is 256 Å². The third-order valence-corrected chi connectivity index (χ3v) is 7.27. The van der Waals surface area contributed by atoms with Crippen LogP contribution in [0.3, 0.4) is 0 Å². The molecule has 0 saturated carbocycles. The second-order valence-electron chi connectivity index (χ2n) is 10.7. The fourth-order valence-corrected chi connectivity index (χ4v) is 4.69. The van der Waals surface area contributed by atoms with E-state index in [1.165, 1.54) is 25.3 Å². The Morgan fingerprint density at radius 2 is 1.11 bits per heavy atom. The first-order chi connectivity index (χ1) is 21.3. The molecule has 0 heterocycles. The van der Waals surface area contributed by atoms with Gasteiger partial charge in [0, 0.05) is 11.6 Å². The Balaban J connectivity index is 1.63. The number of carbonyl (C=O) groups is 1. The van der Waals surface area contributed by atoms with Gasteiger partial charge in [-0.3, -0.25) is 0 Å². The topological polar surface area (TPSA) is 44.8 Å². The molecule has 0 aliphatic carbocycles. The quantitative estimate of drug-likeness (QED) is 0.0440. The van der Waals surface area contributed by atoms with Gasteiger partial charge < -0.3 is 14.2 Å². The van der Waals surface area contributed by atoms with E-state index in [2.05, 4.69) is 13.8 Å². The fourth-order valence-electron chi connectivity index (χ4n) is 4.69. The minimum Gasteiger partial charge on any atom is -0.494 e. The second kappa shape index (κ2) is 18.2. The van der Waals surface area contributed by atoms with Crippen LogP contribution in [0.1, 0.15) is 101 Å². The molecule has 0 aliphatic rings. The van der Waals surface area contributed by atoms with Gasteiger partial charge in [-0.05, 0) is 36.6 Å².